The first kappa shape index (κ1) is 14.4. The first-order chi connectivity index (χ1) is 11.7. The van der Waals surface area contributed by atoms with E-state index in [1.54, 1.807) is 17.0 Å². The number of hydrogen-bond donors (Lipinski definition) is 1. The van der Waals surface area contributed by atoms with Crippen molar-refractivity contribution in [2.24, 2.45) is 0 Å². The summed E-state index contributed by atoms with van der Waals surface area (Å²) in [5, 5.41) is 15.8. The van der Waals surface area contributed by atoms with Crippen LogP contribution in [-0.2, 0) is 6.54 Å². The highest BCUT2D eigenvalue weighted by atomic mass is 15.3. The van der Waals surface area contributed by atoms with Crippen molar-refractivity contribution in [1.29, 1.82) is 0 Å². The van der Waals surface area contributed by atoms with E-state index >= 15 is 0 Å². The van der Waals surface area contributed by atoms with Crippen molar-refractivity contribution in [1.82, 2.24) is 29.4 Å². The fourth-order valence-electron chi connectivity index (χ4n) is 2.71. The van der Waals surface area contributed by atoms with E-state index in [-0.39, 0.29) is 0 Å². The molecular weight excluding hydrogens is 302 g/mol. The van der Waals surface area contributed by atoms with Crippen molar-refractivity contribution in [3.05, 3.63) is 66.1 Å². The van der Waals surface area contributed by atoms with Gasteiger partial charge in [0.05, 0.1) is 11.4 Å². The van der Waals surface area contributed by atoms with Gasteiger partial charge in [0.2, 0.25) is 5.65 Å². The van der Waals surface area contributed by atoms with Gasteiger partial charge in [0.1, 0.15) is 12.2 Å². The summed E-state index contributed by atoms with van der Waals surface area (Å²) in [6.45, 7) is 4.65. The summed E-state index contributed by atoms with van der Waals surface area (Å²) >= 11 is 0. The first-order valence-corrected chi connectivity index (χ1v) is 7.71. The van der Waals surface area contributed by atoms with Crippen LogP contribution in [0.1, 0.15) is 17.1 Å². The molecule has 0 atom stereocenters. The van der Waals surface area contributed by atoms with Crippen LogP contribution in [0.25, 0.3) is 11.3 Å². The molecule has 0 aliphatic carbocycles. The zero-order chi connectivity index (χ0) is 16.5. The van der Waals surface area contributed by atoms with Gasteiger partial charge in [-0.25, -0.2) is 4.98 Å². The van der Waals surface area contributed by atoms with E-state index in [9.17, 15) is 0 Å². The summed E-state index contributed by atoms with van der Waals surface area (Å²) in [6, 6.07) is 10.4. The van der Waals surface area contributed by atoms with Crippen LogP contribution in [0.4, 0.5) is 5.69 Å². The minimum absolute atomic E-state index is 0.704. The van der Waals surface area contributed by atoms with E-state index < -0.39 is 0 Å². The van der Waals surface area contributed by atoms with Gasteiger partial charge in [-0.2, -0.15) is 9.61 Å². The number of rotatable bonds is 4. The predicted octanol–water partition coefficient (Wildman–Crippen LogP) is 2.54. The van der Waals surface area contributed by atoms with Crippen molar-refractivity contribution < 1.29 is 0 Å². The Hall–Kier alpha value is -3.22. The molecule has 0 radical (unpaired) electrons. The third-order valence-corrected chi connectivity index (χ3v) is 3.91. The zero-order valence-corrected chi connectivity index (χ0v) is 13.5. The molecular formula is C17H17N7. The summed E-state index contributed by atoms with van der Waals surface area (Å²) in [4.78, 5) is 4.25. The molecule has 3 heterocycles. The average Bonchev–Trinajstić information content (AvgIpc) is 3.21. The first-order valence-electron chi connectivity index (χ1n) is 7.71. The lowest BCUT2D eigenvalue weighted by atomic mass is 10.2. The number of imidazole rings is 1. The maximum absolute atomic E-state index is 4.34. The van der Waals surface area contributed by atoms with Crippen molar-refractivity contribution >= 4 is 11.3 Å². The summed E-state index contributed by atoms with van der Waals surface area (Å²) in [7, 11) is 0. The van der Waals surface area contributed by atoms with E-state index in [1.807, 2.05) is 26.1 Å². The second kappa shape index (κ2) is 5.77. The van der Waals surface area contributed by atoms with E-state index in [0.29, 0.717) is 6.54 Å². The van der Waals surface area contributed by atoms with E-state index in [0.717, 1.165) is 28.5 Å². The number of anilines is 1. The predicted molar refractivity (Wildman–Crippen MR) is 91.1 cm³/mol. The largest absolute Gasteiger partial charge is 0.378 e. The van der Waals surface area contributed by atoms with Crippen LogP contribution in [0.2, 0.25) is 0 Å². The van der Waals surface area contributed by atoms with Crippen LogP contribution in [0.5, 0.6) is 0 Å². The van der Waals surface area contributed by atoms with Gasteiger partial charge < -0.3 is 9.88 Å². The van der Waals surface area contributed by atoms with Gasteiger partial charge in [-0.15, -0.1) is 10.2 Å². The SMILES string of the molecule is Cc1cc(NCc2ccc(-n3ccnc3C)cc2)c2nncn2n1. The molecule has 4 rings (SSSR count). The Labute approximate surface area is 139 Å². The summed E-state index contributed by atoms with van der Waals surface area (Å²) in [5.41, 5.74) is 4.86. The Balaban J connectivity index is 1.53. The van der Waals surface area contributed by atoms with Crippen molar-refractivity contribution in [3.63, 3.8) is 0 Å². The summed E-state index contributed by atoms with van der Waals surface area (Å²) < 4.78 is 3.74. The number of benzene rings is 1. The fourth-order valence-corrected chi connectivity index (χ4v) is 2.71. The highest BCUT2D eigenvalue weighted by Crippen LogP contribution is 2.17. The third-order valence-electron chi connectivity index (χ3n) is 3.91. The number of nitrogens with one attached hydrogen (secondary N) is 1. The number of nitrogens with zero attached hydrogens (tertiary/aromatic N) is 6. The number of hydrogen-bond acceptors (Lipinski definition) is 5. The minimum Gasteiger partial charge on any atom is -0.378 e. The highest BCUT2D eigenvalue weighted by Gasteiger charge is 2.06. The Morgan fingerprint density at radius 2 is 1.96 bits per heavy atom. The van der Waals surface area contributed by atoms with Gasteiger partial charge in [0, 0.05) is 24.6 Å². The summed E-state index contributed by atoms with van der Waals surface area (Å²) in [5.74, 6) is 0.974. The average molecular weight is 319 g/mol. The van der Waals surface area contributed by atoms with Crippen molar-refractivity contribution in [2.45, 2.75) is 20.4 Å². The molecule has 0 fully saturated rings. The molecule has 0 saturated heterocycles. The van der Waals surface area contributed by atoms with Gasteiger partial charge in [-0.05, 0) is 37.6 Å². The molecule has 3 aromatic heterocycles. The van der Waals surface area contributed by atoms with Crippen LogP contribution < -0.4 is 5.32 Å². The van der Waals surface area contributed by atoms with Crippen LogP contribution in [0.3, 0.4) is 0 Å². The standard InChI is InChI=1S/C17H17N7/c1-12-9-16(17-21-20-11-24(17)22-12)19-10-14-3-5-15(6-4-14)23-8-7-18-13(23)2/h3-9,11,19H,10H2,1-2H3. The molecule has 0 amide bonds. The number of aromatic nitrogens is 6. The number of aryl methyl sites for hydroxylation is 2. The van der Waals surface area contributed by atoms with Gasteiger partial charge >= 0.3 is 0 Å². The normalized spacial score (nSPS) is 11.1. The van der Waals surface area contributed by atoms with Crippen LogP contribution in [0.15, 0.2) is 49.1 Å². The van der Waals surface area contributed by atoms with Gasteiger partial charge in [-0.3, -0.25) is 0 Å². The molecule has 7 heteroatoms. The lowest BCUT2D eigenvalue weighted by Crippen LogP contribution is -2.04. The quantitative estimate of drug-likeness (QED) is 0.626. The molecule has 0 aliphatic rings. The van der Waals surface area contributed by atoms with E-state index in [2.05, 4.69) is 54.4 Å². The van der Waals surface area contributed by atoms with Gasteiger partial charge in [0.15, 0.2) is 0 Å². The van der Waals surface area contributed by atoms with Crippen LogP contribution >= 0.6 is 0 Å². The fraction of sp³-hybridized carbons (Fsp3) is 0.176. The molecule has 0 unspecified atom stereocenters. The Kier molecular flexibility index (Phi) is 3.45. The molecule has 4 aromatic rings. The molecule has 1 N–H and O–H groups in total. The summed E-state index contributed by atoms with van der Waals surface area (Å²) in [6.07, 6.45) is 5.38. The molecule has 0 saturated carbocycles. The van der Waals surface area contributed by atoms with Crippen LogP contribution in [0, 0.1) is 13.8 Å². The van der Waals surface area contributed by atoms with Gasteiger partial charge in [-0.1, -0.05) is 12.1 Å². The molecule has 24 heavy (non-hydrogen) atoms. The lowest BCUT2D eigenvalue weighted by Gasteiger charge is -2.10. The highest BCUT2D eigenvalue weighted by molar-refractivity contribution is 5.66. The topological polar surface area (TPSA) is 72.9 Å². The molecule has 0 aliphatic heterocycles. The van der Waals surface area contributed by atoms with E-state index in [4.69, 9.17) is 0 Å². The maximum Gasteiger partial charge on any atom is 0.200 e. The Morgan fingerprint density at radius 3 is 2.71 bits per heavy atom. The zero-order valence-electron chi connectivity index (χ0n) is 13.5. The molecule has 0 bridgehead atoms. The third kappa shape index (κ3) is 2.60. The molecule has 7 nitrogen and oxygen atoms in total. The molecule has 1 aromatic carbocycles. The van der Waals surface area contributed by atoms with Crippen molar-refractivity contribution in [3.8, 4) is 5.69 Å². The molecule has 0 spiro atoms. The van der Waals surface area contributed by atoms with Crippen LogP contribution in [-0.4, -0.2) is 29.4 Å². The molecule has 120 valence electrons. The maximum atomic E-state index is 4.34. The lowest BCUT2D eigenvalue weighted by molar-refractivity contribution is 0.892. The van der Waals surface area contributed by atoms with Crippen molar-refractivity contribution in [2.75, 3.05) is 5.32 Å². The van der Waals surface area contributed by atoms with Gasteiger partial charge in [0.25, 0.3) is 0 Å². The second-order valence-electron chi connectivity index (χ2n) is 5.66. The minimum atomic E-state index is 0.704. The smallest absolute Gasteiger partial charge is 0.200 e. The Bertz CT molecular complexity index is 982. The second-order valence-corrected chi connectivity index (χ2v) is 5.66. The number of fused-ring (bicyclic) bond motifs is 1. The monoisotopic (exact) mass is 319 g/mol. The van der Waals surface area contributed by atoms with E-state index in [1.165, 1.54) is 5.56 Å². The Morgan fingerprint density at radius 1 is 1.12 bits per heavy atom.